The summed E-state index contributed by atoms with van der Waals surface area (Å²) >= 11 is 0. The van der Waals surface area contributed by atoms with Crippen LogP contribution in [0.4, 0.5) is 0 Å². The maximum atomic E-state index is 11.4. The second kappa shape index (κ2) is 13.5. The molecule has 0 unspecified atom stereocenters. The number of carboxylic acid groups (broad SMARTS) is 2. The highest BCUT2D eigenvalue weighted by atomic mass is 16.4. The van der Waals surface area contributed by atoms with Crippen molar-refractivity contribution >= 4 is 11.9 Å². The van der Waals surface area contributed by atoms with E-state index in [0.717, 1.165) is 49.7 Å². The number of aliphatic carboxylic acids is 2. The van der Waals surface area contributed by atoms with Gasteiger partial charge in [-0.25, -0.2) is 0 Å². The second-order valence-corrected chi connectivity index (χ2v) is 7.39. The van der Waals surface area contributed by atoms with E-state index in [2.05, 4.69) is 10.6 Å². The van der Waals surface area contributed by atoms with Crippen molar-refractivity contribution in [2.75, 3.05) is 13.1 Å². The molecule has 4 N–H and O–H groups in total. The third-order valence-corrected chi connectivity index (χ3v) is 5.06. The molecule has 0 aliphatic carbocycles. The van der Waals surface area contributed by atoms with Crippen molar-refractivity contribution in [2.45, 2.75) is 50.6 Å². The molecule has 0 aliphatic rings. The number of carboxylic acids is 2. The van der Waals surface area contributed by atoms with Crippen molar-refractivity contribution in [1.29, 1.82) is 0 Å². The number of benzene rings is 2. The van der Waals surface area contributed by atoms with E-state index in [-0.39, 0.29) is 0 Å². The minimum absolute atomic E-state index is 0.663. The average molecular weight is 413 g/mol. The molecule has 2 rings (SSSR count). The van der Waals surface area contributed by atoms with Crippen LogP contribution in [0, 0.1) is 0 Å². The molecule has 0 heterocycles. The average Bonchev–Trinajstić information content (AvgIpc) is 2.75. The van der Waals surface area contributed by atoms with E-state index in [1.807, 2.05) is 60.7 Å². The van der Waals surface area contributed by atoms with Gasteiger partial charge in [0.1, 0.15) is 12.1 Å². The Morgan fingerprint density at radius 3 is 1.27 bits per heavy atom. The molecule has 2 aromatic rings. The summed E-state index contributed by atoms with van der Waals surface area (Å²) < 4.78 is 0. The fraction of sp³-hybridized carbons (Fsp3) is 0.417. The summed E-state index contributed by atoms with van der Waals surface area (Å²) in [6, 6.07) is 17.1. The largest absolute Gasteiger partial charge is 0.480 e. The third kappa shape index (κ3) is 8.35. The fourth-order valence-electron chi connectivity index (χ4n) is 3.44. The number of hydrogen-bond acceptors (Lipinski definition) is 4. The van der Waals surface area contributed by atoms with Gasteiger partial charge in [0.15, 0.2) is 0 Å². The summed E-state index contributed by atoms with van der Waals surface area (Å²) in [7, 11) is 0. The predicted octanol–water partition coefficient (Wildman–Crippen LogP) is 4.16. The molecular formula is C24H32N2O4. The lowest BCUT2D eigenvalue weighted by atomic mass is 10.1. The molecule has 2 atom stereocenters. The van der Waals surface area contributed by atoms with Gasteiger partial charge in [-0.1, -0.05) is 86.3 Å². The molecule has 162 valence electrons. The minimum Gasteiger partial charge on any atom is -0.480 e. The molecule has 30 heavy (non-hydrogen) atoms. The minimum atomic E-state index is -0.858. The summed E-state index contributed by atoms with van der Waals surface area (Å²) in [6.45, 7) is 1.34. The Labute approximate surface area is 178 Å². The summed E-state index contributed by atoms with van der Waals surface area (Å²) in [5, 5.41) is 25.0. The Hall–Kier alpha value is -2.70. The van der Waals surface area contributed by atoms with Crippen molar-refractivity contribution in [3.8, 4) is 0 Å². The molecule has 0 bridgehead atoms. The first-order valence-electron chi connectivity index (χ1n) is 10.6. The standard InChI is InChI=1S/C24H32N2O4/c27-23(28)21(19-13-7-5-8-14-19)25-17-11-3-1-2-4-12-18-26-22(24(29)30)20-15-9-6-10-16-20/h5-10,13-16,21-22,25-26H,1-4,11-12,17-18H2,(H,27,28)(H,29,30)/t21-,22+. The van der Waals surface area contributed by atoms with Gasteiger partial charge in [-0.3, -0.25) is 9.59 Å². The first-order valence-corrected chi connectivity index (χ1v) is 10.6. The van der Waals surface area contributed by atoms with Crippen molar-refractivity contribution in [3.63, 3.8) is 0 Å². The highest BCUT2D eigenvalue weighted by molar-refractivity contribution is 5.76. The van der Waals surface area contributed by atoms with Crippen LogP contribution in [0.15, 0.2) is 60.7 Å². The zero-order valence-corrected chi connectivity index (χ0v) is 17.3. The van der Waals surface area contributed by atoms with Gasteiger partial charge >= 0.3 is 11.9 Å². The molecule has 0 fully saturated rings. The first kappa shape index (κ1) is 23.6. The van der Waals surface area contributed by atoms with E-state index in [1.165, 1.54) is 0 Å². The third-order valence-electron chi connectivity index (χ3n) is 5.06. The smallest absolute Gasteiger partial charge is 0.325 e. The Morgan fingerprint density at radius 1 is 0.600 bits per heavy atom. The van der Waals surface area contributed by atoms with Crippen LogP contribution in [-0.4, -0.2) is 35.2 Å². The van der Waals surface area contributed by atoms with Gasteiger partial charge in [-0.2, -0.15) is 0 Å². The lowest BCUT2D eigenvalue weighted by molar-refractivity contribution is -0.140. The molecule has 6 nitrogen and oxygen atoms in total. The SMILES string of the molecule is O=C(O)[C@@H](NCCCCCCCCN[C@@H](C(=O)O)c1ccccc1)c1ccccc1. The molecule has 0 aliphatic heterocycles. The van der Waals surface area contributed by atoms with Crippen LogP contribution < -0.4 is 10.6 Å². The number of hydrogen-bond donors (Lipinski definition) is 4. The molecule has 0 amide bonds. The number of carbonyl (C=O) groups is 2. The van der Waals surface area contributed by atoms with Crippen LogP contribution in [0.2, 0.25) is 0 Å². The molecule has 0 radical (unpaired) electrons. The van der Waals surface area contributed by atoms with Gasteiger partial charge in [0.05, 0.1) is 0 Å². The van der Waals surface area contributed by atoms with Gasteiger partial charge < -0.3 is 20.8 Å². The van der Waals surface area contributed by atoms with E-state index < -0.39 is 24.0 Å². The van der Waals surface area contributed by atoms with E-state index in [4.69, 9.17) is 0 Å². The Kier molecular flexibility index (Phi) is 10.6. The summed E-state index contributed by atoms with van der Waals surface area (Å²) in [5.74, 6) is -1.72. The lowest BCUT2D eigenvalue weighted by Crippen LogP contribution is -2.29. The van der Waals surface area contributed by atoms with E-state index in [0.29, 0.717) is 13.1 Å². The highest BCUT2D eigenvalue weighted by Crippen LogP contribution is 2.14. The predicted molar refractivity (Wildman–Crippen MR) is 117 cm³/mol. The van der Waals surface area contributed by atoms with Crippen LogP contribution in [0.1, 0.15) is 61.7 Å². The number of nitrogens with one attached hydrogen (secondary N) is 2. The monoisotopic (exact) mass is 412 g/mol. The van der Waals surface area contributed by atoms with Crippen LogP contribution in [0.3, 0.4) is 0 Å². The van der Waals surface area contributed by atoms with Gasteiger partial charge in [0.25, 0.3) is 0 Å². The normalized spacial score (nSPS) is 12.9. The van der Waals surface area contributed by atoms with Crippen LogP contribution in [-0.2, 0) is 9.59 Å². The van der Waals surface area contributed by atoms with Crippen LogP contribution in [0.5, 0.6) is 0 Å². The number of rotatable bonds is 15. The topological polar surface area (TPSA) is 98.7 Å². The molecular weight excluding hydrogens is 380 g/mol. The van der Waals surface area contributed by atoms with E-state index >= 15 is 0 Å². The molecule has 0 spiro atoms. The van der Waals surface area contributed by atoms with Crippen LogP contribution >= 0.6 is 0 Å². The maximum Gasteiger partial charge on any atom is 0.325 e. The van der Waals surface area contributed by atoms with Crippen molar-refractivity contribution in [3.05, 3.63) is 71.8 Å². The van der Waals surface area contributed by atoms with E-state index in [1.54, 1.807) is 0 Å². The van der Waals surface area contributed by atoms with Gasteiger partial charge in [-0.15, -0.1) is 0 Å². The fourth-order valence-corrected chi connectivity index (χ4v) is 3.44. The summed E-state index contributed by atoms with van der Waals surface area (Å²) in [6.07, 6.45) is 6.14. The molecule has 2 aromatic carbocycles. The van der Waals surface area contributed by atoms with Gasteiger partial charge in [-0.05, 0) is 37.1 Å². The van der Waals surface area contributed by atoms with Gasteiger partial charge in [0, 0.05) is 0 Å². The molecule has 0 saturated carbocycles. The Bertz CT molecular complexity index is 687. The van der Waals surface area contributed by atoms with Crippen LogP contribution in [0.25, 0.3) is 0 Å². The van der Waals surface area contributed by atoms with Crippen molar-refractivity contribution < 1.29 is 19.8 Å². The zero-order valence-electron chi connectivity index (χ0n) is 17.3. The summed E-state index contributed by atoms with van der Waals surface area (Å²) in [5.41, 5.74) is 1.54. The number of unbranched alkanes of at least 4 members (excludes halogenated alkanes) is 5. The van der Waals surface area contributed by atoms with E-state index in [9.17, 15) is 19.8 Å². The van der Waals surface area contributed by atoms with Gasteiger partial charge in [0.2, 0.25) is 0 Å². The maximum absolute atomic E-state index is 11.4. The molecule has 0 saturated heterocycles. The first-order chi connectivity index (χ1) is 14.6. The molecule has 0 aromatic heterocycles. The second-order valence-electron chi connectivity index (χ2n) is 7.39. The summed E-state index contributed by atoms with van der Waals surface area (Å²) in [4.78, 5) is 22.9. The quantitative estimate of drug-likeness (QED) is 0.328. The Balaban J connectivity index is 1.54. The molecule has 6 heteroatoms. The lowest BCUT2D eigenvalue weighted by Gasteiger charge is -2.15. The van der Waals surface area contributed by atoms with Crippen molar-refractivity contribution in [1.82, 2.24) is 10.6 Å². The Morgan fingerprint density at radius 2 is 0.933 bits per heavy atom. The highest BCUT2D eigenvalue weighted by Gasteiger charge is 2.19. The van der Waals surface area contributed by atoms with Crippen molar-refractivity contribution in [2.24, 2.45) is 0 Å². The zero-order chi connectivity index (χ0) is 21.6.